The van der Waals surface area contributed by atoms with Crippen LogP contribution in [0.4, 0.5) is 0 Å². The summed E-state index contributed by atoms with van der Waals surface area (Å²) in [7, 11) is -1.90. The molecule has 6 nitrogen and oxygen atoms in total. The van der Waals surface area contributed by atoms with E-state index in [0.29, 0.717) is 6.54 Å². The van der Waals surface area contributed by atoms with Crippen molar-refractivity contribution >= 4 is 21.6 Å². The fourth-order valence-electron chi connectivity index (χ4n) is 3.25. The predicted molar refractivity (Wildman–Crippen MR) is 80.8 cm³/mol. The predicted octanol–water partition coefficient (Wildman–Crippen LogP) is 1.32. The molecular formula is C13H21ClN4O2S. The van der Waals surface area contributed by atoms with E-state index in [1.54, 1.807) is 11.4 Å². The minimum atomic E-state index is -3.60. The average Bonchev–Trinajstić information content (AvgIpc) is 3.14. The van der Waals surface area contributed by atoms with Crippen molar-refractivity contribution in [1.82, 2.24) is 18.8 Å². The molecule has 3 heterocycles. The molecule has 1 atom stereocenters. The third kappa shape index (κ3) is 2.84. The molecule has 0 aliphatic carbocycles. The topological polar surface area (TPSA) is 58.4 Å². The van der Waals surface area contributed by atoms with Gasteiger partial charge in [0.1, 0.15) is 5.15 Å². The van der Waals surface area contributed by atoms with Gasteiger partial charge in [-0.1, -0.05) is 11.6 Å². The molecule has 0 radical (unpaired) electrons. The lowest BCUT2D eigenvalue weighted by atomic mass is 10.2. The van der Waals surface area contributed by atoms with Crippen LogP contribution in [0.5, 0.6) is 0 Å². The van der Waals surface area contributed by atoms with E-state index in [0.717, 1.165) is 32.5 Å². The molecule has 0 N–H and O–H groups in total. The van der Waals surface area contributed by atoms with Gasteiger partial charge in [0, 0.05) is 26.2 Å². The Labute approximate surface area is 130 Å². The molecule has 0 saturated carbocycles. The highest BCUT2D eigenvalue weighted by atomic mass is 35.5. The number of likely N-dealkylation sites (tertiary alicyclic amines) is 1. The second-order valence-corrected chi connectivity index (χ2v) is 8.03. The third-order valence-electron chi connectivity index (χ3n) is 4.38. The molecule has 21 heavy (non-hydrogen) atoms. The molecule has 0 spiro atoms. The summed E-state index contributed by atoms with van der Waals surface area (Å²) in [6.07, 6.45) is 5.69. The van der Waals surface area contributed by atoms with Crippen LogP contribution >= 0.6 is 11.6 Å². The molecule has 0 aromatic carbocycles. The number of hydrogen-bond donors (Lipinski definition) is 0. The van der Waals surface area contributed by atoms with Gasteiger partial charge in [0.05, 0.1) is 6.33 Å². The van der Waals surface area contributed by atoms with Gasteiger partial charge in [0.25, 0.3) is 10.0 Å². The number of halogens is 1. The number of nitrogens with zero attached hydrogens (tertiary/aromatic N) is 4. The summed E-state index contributed by atoms with van der Waals surface area (Å²) < 4.78 is 28.7. The van der Waals surface area contributed by atoms with E-state index in [1.165, 1.54) is 23.7 Å². The van der Waals surface area contributed by atoms with Crippen LogP contribution in [0.25, 0.3) is 0 Å². The zero-order valence-electron chi connectivity index (χ0n) is 12.2. The van der Waals surface area contributed by atoms with Crippen molar-refractivity contribution in [3.8, 4) is 0 Å². The molecule has 1 aromatic rings. The molecular weight excluding hydrogens is 312 g/mol. The Morgan fingerprint density at radius 1 is 1.29 bits per heavy atom. The van der Waals surface area contributed by atoms with Crippen molar-refractivity contribution in [2.24, 2.45) is 7.05 Å². The summed E-state index contributed by atoms with van der Waals surface area (Å²) >= 11 is 6.07. The van der Waals surface area contributed by atoms with Crippen molar-refractivity contribution < 1.29 is 8.42 Å². The van der Waals surface area contributed by atoms with Crippen molar-refractivity contribution in [3.05, 3.63) is 11.5 Å². The molecule has 3 rings (SSSR count). The van der Waals surface area contributed by atoms with Gasteiger partial charge >= 0.3 is 0 Å². The maximum Gasteiger partial charge on any atom is 0.263 e. The van der Waals surface area contributed by atoms with Crippen LogP contribution in [-0.4, -0.2) is 59.4 Å². The molecule has 2 aliphatic rings. The second-order valence-electron chi connectivity index (χ2n) is 5.87. The van der Waals surface area contributed by atoms with Crippen molar-refractivity contribution in [2.45, 2.75) is 36.8 Å². The van der Waals surface area contributed by atoms with Crippen LogP contribution in [0, 0.1) is 0 Å². The Kier molecular flexibility index (Phi) is 4.27. The van der Waals surface area contributed by atoms with Crippen LogP contribution < -0.4 is 0 Å². The average molecular weight is 333 g/mol. The molecule has 2 saturated heterocycles. The van der Waals surface area contributed by atoms with Gasteiger partial charge in [-0.15, -0.1) is 0 Å². The largest absolute Gasteiger partial charge is 0.324 e. The number of rotatable bonds is 4. The molecule has 0 bridgehead atoms. The monoisotopic (exact) mass is 332 g/mol. The van der Waals surface area contributed by atoms with E-state index in [2.05, 4.69) is 9.88 Å². The van der Waals surface area contributed by atoms with Gasteiger partial charge < -0.3 is 9.47 Å². The lowest BCUT2D eigenvalue weighted by Crippen LogP contribution is -2.42. The Morgan fingerprint density at radius 3 is 2.62 bits per heavy atom. The number of sulfonamides is 1. The van der Waals surface area contributed by atoms with E-state index in [-0.39, 0.29) is 16.2 Å². The van der Waals surface area contributed by atoms with E-state index >= 15 is 0 Å². The second kappa shape index (κ2) is 5.87. The first-order chi connectivity index (χ1) is 10.00. The smallest absolute Gasteiger partial charge is 0.263 e. The quantitative estimate of drug-likeness (QED) is 0.834. The van der Waals surface area contributed by atoms with Crippen LogP contribution in [0.2, 0.25) is 5.15 Å². The Morgan fingerprint density at radius 2 is 2.00 bits per heavy atom. The first kappa shape index (κ1) is 15.3. The lowest BCUT2D eigenvalue weighted by Gasteiger charge is -2.27. The third-order valence-corrected chi connectivity index (χ3v) is 6.82. The highest BCUT2D eigenvalue weighted by Gasteiger charge is 2.38. The number of aromatic nitrogens is 2. The van der Waals surface area contributed by atoms with Crippen LogP contribution in [-0.2, 0) is 17.1 Å². The minimum Gasteiger partial charge on any atom is -0.324 e. The first-order valence-electron chi connectivity index (χ1n) is 7.41. The summed E-state index contributed by atoms with van der Waals surface area (Å²) in [6.45, 7) is 3.54. The van der Waals surface area contributed by atoms with Gasteiger partial charge in [-0.25, -0.2) is 13.4 Å². The molecule has 8 heteroatoms. The van der Waals surface area contributed by atoms with Gasteiger partial charge in [-0.3, -0.25) is 0 Å². The normalized spacial score (nSPS) is 25.0. The van der Waals surface area contributed by atoms with Gasteiger partial charge in [0.2, 0.25) is 5.03 Å². The summed E-state index contributed by atoms with van der Waals surface area (Å²) in [5.41, 5.74) is 0. The van der Waals surface area contributed by atoms with Crippen LogP contribution in [0.3, 0.4) is 0 Å². The Bertz CT molecular complexity index is 610. The lowest BCUT2D eigenvalue weighted by molar-refractivity contribution is 0.257. The molecule has 118 valence electrons. The van der Waals surface area contributed by atoms with Gasteiger partial charge in [-0.05, 0) is 38.8 Å². The Hall–Kier alpha value is -0.630. The standard InChI is InChI=1S/C13H21ClN4O2S/c1-16-10-15-13(12(16)14)21(19,20)18-8-4-5-11(18)9-17-6-2-3-7-17/h10-11H,2-9H2,1H3/t11-/m0/s1. The fourth-order valence-corrected chi connectivity index (χ4v) is 5.33. The molecule has 1 aromatic heterocycles. The molecule has 0 amide bonds. The summed E-state index contributed by atoms with van der Waals surface area (Å²) in [5, 5.41) is 0.168. The summed E-state index contributed by atoms with van der Waals surface area (Å²) in [4.78, 5) is 6.35. The number of aryl methyl sites for hydroxylation is 1. The van der Waals surface area contributed by atoms with Crippen molar-refractivity contribution in [1.29, 1.82) is 0 Å². The summed E-state index contributed by atoms with van der Waals surface area (Å²) in [5.74, 6) is 0. The number of imidazole rings is 1. The van der Waals surface area contributed by atoms with E-state index in [4.69, 9.17) is 11.6 Å². The van der Waals surface area contributed by atoms with E-state index in [1.807, 2.05) is 0 Å². The fraction of sp³-hybridized carbons (Fsp3) is 0.769. The van der Waals surface area contributed by atoms with Crippen LogP contribution in [0.15, 0.2) is 11.4 Å². The van der Waals surface area contributed by atoms with E-state index < -0.39 is 10.0 Å². The zero-order valence-corrected chi connectivity index (χ0v) is 13.8. The van der Waals surface area contributed by atoms with Crippen LogP contribution in [0.1, 0.15) is 25.7 Å². The molecule has 2 fully saturated rings. The van der Waals surface area contributed by atoms with Crippen molar-refractivity contribution in [2.75, 3.05) is 26.2 Å². The maximum atomic E-state index is 12.8. The van der Waals surface area contributed by atoms with E-state index in [9.17, 15) is 8.42 Å². The summed E-state index contributed by atoms with van der Waals surface area (Å²) in [6, 6.07) is 0.0474. The Balaban J connectivity index is 1.81. The molecule has 2 aliphatic heterocycles. The highest BCUT2D eigenvalue weighted by Crippen LogP contribution is 2.29. The highest BCUT2D eigenvalue weighted by molar-refractivity contribution is 7.89. The first-order valence-corrected chi connectivity index (χ1v) is 9.23. The van der Waals surface area contributed by atoms with Crippen molar-refractivity contribution in [3.63, 3.8) is 0 Å². The maximum absolute atomic E-state index is 12.8. The van der Waals surface area contributed by atoms with Gasteiger partial charge in [0.15, 0.2) is 0 Å². The SMILES string of the molecule is Cn1cnc(S(=O)(=O)N2CCC[C@H]2CN2CCCC2)c1Cl. The number of hydrogen-bond acceptors (Lipinski definition) is 4. The molecule has 0 unspecified atom stereocenters. The zero-order chi connectivity index (χ0) is 15.0. The minimum absolute atomic E-state index is 0.0139. The van der Waals surface area contributed by atoms with Gasteiger partial charge in [-0.2, -0.15) is 4.31 Å².